The second-order valence-electron chi connectivity index (χ2n) is 8.01. The van der Waals surface area contributed by atoms with Gasteiger partial charge in [-0.05, 0) is 76.1 Å². The highest BCUT2D eigenvalue weighted by Gasteiger charge is 2.36. The molecule has 0 saturated carbocycles. The first-order valence-corrected chi connectivity index (χ1v) is 12.9. The van der Waals surface area contributed by atoms with Gasteiger partial charge in [0.1, 0.15) is 11.3 Å². The average Bonchev–Trinajstić information content (AvgIpc) is 2.91. The van der Waals surface area contributed by atoms with E-state index in [1.807, 2.05) is 0 Å². The number of hydrogen-bond acceptors (Lipinski definition) is 7. The Balaban J connectivity index is 1.55. The molecular formula is C27H21Br2N3O7. The van der Waals surface area contributed by atoms with Gasteiger partial charge in [0, 0.05) is 4.47 Å². The number of halogens is 2. The summed E-state index contributed by atoms with van der Waals surface area (Å²) in [6.45, 7) is -0.335. The lowest BCUT2D eigenvalue weighted by atomic mass is 10.1. The number of methoxy groups -OCH3 is 2. The Morgan fingerprint density at radius 2 is 1.67 bits per heavy atom. The molecule has 1 saturated heterocycles. The zero-order valence-electron chi connectivity index (χ0n) is 20.6. The molecule has 1 aliphatic rings. The Hall–Kier alpha value is -4.16. The van der Waals surface area contributed by atoms with Crippen molar-refractivity contribution in [2.45, 2.75) is 0 Å². The summed E-state index contributed by atoms with van der Waals surface area (Å²) >= 11 is 6.71. The molecule has 1 heterocycles. The van der Waals surface area contributed by atoms with Crippen LogP contribution in [-0.2, 0) is 14.4 Å². The second kappa shape index (κ2) is 12.1. The van der Waals surface area contributed by atoms with Crippen LogP contribution in [-0.4, -0.2) is 44.6 Å². The van der Waals surface area contributed by atoms with Gasteiger partial charge < -0.3 is 19.5 Å². The fraction of sp³-hybridized carbons (Fsp3) is 0.111. The topological polar surface area (TPSA) is 123 Å². The molecule has 0 aliphatic carbocycles. The van der Waals surface area contributed by atoms with Crippen molar-refractivity contribution in [3.63, 3.8) is 0 Å². The average molecular weight is 659 g/mol. The lowest BCUT2D eigenvalue weighted by Crippen LogP contribution is -2.54. The maximum Gasteiger partial charge on any atom is 0.335 e. The van der Waals surface area contributed by atoms with Crippen LogP contribution in [0.3, 0.4) is 0 Å². The highest BCUT2D eigenvalue weighted by atomic mass is 79.9. The number of nitrogens with one attached hydrogen (secondary N) is 2. The number of nitrogens with zero attached hydrogens (tertiary/aromatic N) is 1. The third-order valence-corrected chi connectivity index (χ3v) is 6.60. The quantitative estimate of drug-likeness (QED) is 0.260. The van der Waals surface area contributed by atoms with E-state index in [-0.39, 0.29) is 23.7 Å². The van der Waals surface area contributed by atoms with Gasteiger partial charge in [0.25, 0.3) is 17.7 Å². The van der Waals surface area contributed by atoms with Crippen LogP contribution in [0.2, 0.25) is 0 Å². The zero-order valence-corrected chi connectivity index (χ0v) is 23.8. The molecular weight excluding hydrogens is 638 g/mol. The predicted octanol–water partition coefficient (Wildman–Crippen LogP) is 4.91. The highest BCUT2D eigenvalue weighted by molar-refractivity contribution is 9.10. The minimum atomic E-state index is -0.849. The van der Waals surface area contributed by atoms with Crippen molar-refractivity contribution in [2.24, 2.45) is 0 Å². The van der Waals surface area contributed by atoms with Crippen LogP contribution in [0.25, 0.3) is 6.08 Å². The molecule has 5 amide bonds. The number of ether oxygens (including phenoxy) is 3. The molecule has 0 radical (unpaired) electrons. The van der Waals surface area contributed by atoms with Crippen LogP contribution in [0.1, 0.15) is 5.56 Å². The molecule has 3 aromatic rings. The van der Waals surface area contributed by atoms with Gasteiger partial charge in [-0.25, -0.2) is 9.69 Å². The van der Waals surface area contributed by atoms with Crippen LogP contribution in [0.15, 0.2) is 75.2 Å². The van der Waals surface area contributed by atoms with E-state index in [0.717, 1.165) is 9.37 Å². The van der Waals surface area contributed by atoms with Gasteiger partial charge in [-0.3, -0.25) is 19.7 Å². The smallest absolute Gasteiger partial charge is 0.335 e. The Morgan fingerprint density at radius 1 is 0.974 bits per heavy atom. The Morgan fingerprint density at radius 3 is 2.36 bits per heavy atom. The van der Waals surface area contributed by atoms with E-state index in [9.17, 15) is 19.2 Å². The first kappa shape index (κ1) is 27.9. The molecule has 10 nitrogen and oxygen atoms in total. The van der Waals surface area contributed by atoms with Crippen molar-refractivity contribution in [3.05, 3.63) is 80.7 Å². The number of carbonyl (C=O) groups excluding carboxylic acids is 4. The van der Waals surface area contributed by atoms with Gasteiger partial charge in [-0.1, -0.05) is 28.1 Å². The number of rotatable bonds is 8. The van der Waals surface area contributed by atoms with E-state index in [0.29, 0.717) is 27.2 Å². The van der Waals surface area contributed by atoms with E-state index < -0.39 is 23.8 Å². The molecule has 1 aliphatic heterocycles. The van der Waals surface area contributed by atoms with Crippen LogP contribution >= 0.6 is 31.9 Å². The van der Waals surface area contributed by atoms with Gasteiger partial charge >= 0.3 is 6.03 Å². The second-order valence-corrected chi connectivity index (χ2v) is 9.78. The monoisotopic (exact) mass is 657 g/mol. The first-order chi connectivity index (χ1) is 18.7. The first-order valence-electron chi connectivity index (χ1n) is 11.3. The van der Waals surface area contributed by atoms with Gasteiger partial charge in [-0.2, -0.15) is 0 Å². The lowest BCUT2D eigenvalue weighted by Gasteiger charge is -2.26. The number of carbonyl (C=O) groups is 4. The lowest BCUT2D eigenvalue weighted by molar-refractivity contribution is -0.122. The normalized spacial score (nSPS) is 14.2. The SMILES string of the molecule is COc1ccccc1NC(=O)COc1c(Br)cc(/C=C2\C(=O)NC(=O)N(c3ccc(Br)cc3)C2=O)cc1OC. The minimum Gasteiger partial charge on any atom is -0.495 e. The van der Waals surface area contributed by atoms with E-state index in [1.165, 1.54) is 26.4 Å². The summed E-state index contributed by atoms with van der Waals surface area (Å²) in [6, 6.07) is 15.7. The van der Waals surface area contributed by atoms with Gasteiger partial charge in [0.05, 0.1) is 30.1 Å². The molecule has 200 valence electrons. The number of imide groups is 2. The number of benzene rings is 3. The number of hydrogen-bond donors (Lipinski definition) is 2. The molecule has 39 heavy (non-hydrogen) atoms. The Kier molecular flexibility index (Phi) is 8.67. The number of anilines is 2. The van der Waals surface area contributed by atoms with Crippen molar-refractivity contribution in [3.8, 4) is 17.2 Å². The third kappa shape index (κ3) is 6.29. The Labute approximate surface area is 240 Å². The van der Waals surface area contributed by atoms with Crippen LogP contribution < -0.4 is 29.7 Å². The fourth-order valence-corrected chi connectivity index (χ4v) is 4.52. The summed E-state index contributed by atoms with van der Waals surface area (Å²) in [5.41, 5.74) is 0.949. The maximum atomic E-state index is 13.2. The van der Waals surface area contributed by atoms with Gasteiger partial charge in [0.15, 0.2) is 18.1 Å². The van der Waals surface area contributed by atoms with Crippen molar-refractivity contribution < 1.29 is 33.4 Å². The predicted molar refractivity (Wildman–Crippen MR) is 151 cm³/mol. The Bertz CT molecular complexity index is 1490. The van der Waals surface area contributed by atoms with Crippen LogP contribution in [0, 0.1) is 0 Å². The summed E-state index contributed by atoms with van der Waals surface area (Å²) in [4.78, 5) is 51.5. The molecule has 0 unspecified atom stereocenters. The number of para-hydroxylation sites is 2. The fourth-order valence-electron chi connectivity index (χ4n) is 3.68. The van der Waals surface area contributed by atoms with Gasteiger partial charge in [0.2, 0.25) is 0 Å². The summed E-state index contributed by atoms with van der Waals surface area (Å²) in [7, 11) is 2.91. The molecule has 1 fully saturated rings. The van der Waals surface area contributed by atoms with Crippen LogP contribution in [0.4, 0.5) is 16.2 Å². The van der Waals surface area contributed by atoms with Crippen LogP contribution in [0.5, 0.6) is 17.2 Å². The molecule has 3 aromatic carbocycles. The third-order valence-electron chi connectivity index (χ3n) is 5.48. The molecule has 0 atom stereocenters. The summed E-state index contributed by atoms with van der Waals surface area (Å²) in [5, 5.41) is 4.90. The number of amides is 5. The summed E-state index contributed by atoms with van der Waals surface area (Å²) < 4.78 is 17.5. The molecule has 12 heteroatoms. The van der Waals surface area contributed by atoms with Crippen molar-refractivity contribution in [1.29, 1.82) is 0 Å². The van der Waals surface area contributed by atoms with Crippen molar-refractivity contribution in [2.75, 3.05) is 31.0 Å². The molecule has 2 N–H and O–H groups in total. The molecule has 4 rings (SSSR count). The van der Waals surface area contributed by atoms with E-state index >= 15 is 0 Å². The van der Waals surface area contributed by atoms with Crippen molar-refractivity contribution >= 4 is 73.1 Å². The van der Waals surface area contributed by atoms with Gasteiger partial charge in [-0.15, -0.1) is 0 Å². The molecule has 0 aromatic heterocycles. The zero-order chi connectivity index (χ0) is 28.1. The largest absolute Gasteiger partial charge is 0.495 e. The molecule has 0 spiro atoms. The van der Waals surface area contributed by atoms with E-state index in [2.05, 4.69) is 42.5 Å². The summed E-state index contributed by atoms with van der Waals surface area (Å²) in [6.07, 6.45) is 1.33. The van der Waals surface area contributed by atoms with E-state index in [1.54, 1.807) is 54.6 Å². The van der Waals surface area contributed by atoms with E-state index in [4.69, 9.17) is 14.2 Å². The maximum absolute atomic E-state index is 13.2. The summed E-state index contributed by atoms with van der Waals surface area (Å²) in [5.74, 6) is -1.06. The number of barbiturate groups is 1. The van der Waals surface area contributed by atoms with Crippen molar-refractivity contribution in [1.82, 2.24) is 5.32 Å². The minimum absolute atomic E-state index is 0.237. The molecule has 0 bridgehead atoms. The standard InChI is InChI=1S/C27H21Br2N3O7/c1-37-21-6-4-3-5-20(21)30-23(33)14-39-24-19(29)12-15(13-22(24)38-2)11-18-25(34)31-27(36)32(26(18)35)17-9-7-16(28)8-10-17/h3-13H,14H2,1-2H3,(H,30,33)(H,31,34,36)/b18-11+. The number of urea groups is 1. The highest BCUT2D eigenvalue weighted by Crippen LogP contribution is 2.37.